The summed E-state index contributed by atoms with van der Waals surface area (Å²) in [5.74, 6) is -9.56. The molecule has 0 bridgehead atoms. The van der Waals surface area contributed by atoms with Gasteiger partial charge in [-0.1, -0.05) is 82.3 Å². The average molecular weight is 760 g/mol. The molecule has 0 aliphatic rings. The number of halogens is 2. The summed E-state index contributed by atoms with van der Waals surface area (Å²) in [5, 5.41) is 7.09. The van der Waals surface area contributed by atoms with Gasteiger partial charge in [0.2, 0.25) is 11.7 Å². The minimum atomic E-state index is -4.56. The molecule has 3 N–H and O–H groups in total. The zero-order valence-corrected chi connectivity index (χ0v) is 31.2. The van der Waals surface area contributed by atoms with Crippen LogP contribution in [0.5, 0.6) is 5.75 Å². The van der Waals surface area contributed by atoms with Crippen LogP contribution in [0.25, 0.3) is 0 Å². The van der Waals surface area contributed by atoms with Gasteiger partial charge in [0.05, 0.1) is 36.7 Å². The minimum absolute atomic E-state index is 0.0845. The number of alkyl carbamates (subject to hydrolysis) is 1. The van der Waals surface area contributed by atoms with Crippen LogP contribution in [0.2, 0.25) is 0 Å². The Kier molecular flexibility index (Phi) is 15.7. The Morgan fingerprint density at radius 3 is 1.89 bits per heavy atom. The highest BCUT2D eigenvalue weighted by Gasteiger charge is 2.51. The van der Waals surface area contributed by atoms with Gasteiger partial charge >= 0.3 is 12.0 Å². The molecule has 0 fully saturated rings. The van der Waals surface area contributed by atoms with E-state index in [1.807, 2.05) is 30.3 Å². The van der Waals surface area contributed by atoms with Crippen LogP contribution in [0, 0.1) is 11.8 Å². The van der Waals surface area contributed by atoms with E-state index in [9.17, 15) is 19.2 Å². The van der Waals surface area contributed by atoms with Gasteiger partial charge < -0.3 is 30.2 Å². The maximum Gasteiger partial charge on any atom is 0.408 e. The van der Waals surface area contributed by atoms with Crippen molar-refractivity contribution in [2.75, 3.05) is 6.61 Å². The van der Waals surface area contributed by atoms with Crippen LogP contribution in [0.1, 0.15) is 50.2 Å². The second-order valence-corrected chi connectivity index (χ2v) is 13.5. The second-order valence-electron chi connectivity index (χ2n) is 13.5. The van der Waals surface area contributed by atoms with Gasteiger partial charge in [0, 0.05) is 18.8 Å². The van der Waals surface area contributed by atoms with E-state index in [0.29, 0.717) is 22.7 Å². The fraction of sp³-hybridized carbons (Fsp3) is 0.366. The molecule has 0 aliphatic carbocycles. The third kappa shape index (κ3) is 13.2. The third-order valence-corrected chi connectivity index (χ3v) is 8.53. The second kappa shape index (κ2) is 20.6. The van der Waals surface area contributed by atoms with E-state index >= 15 is 8.78 Å². The van der Waals surface area contributed by atoms with E-state index in [-0.39, 0.29) is 32.3 Å². The molecule has 2 aromatic carbocycles. The van der Waals surface area contributed by atoms with Crippen molar-refractivity contribution in [2.24, 2.45) is 11.8 Å². The topological polar surface area (TPSA) is 158 Å². The number of hydrogen-bond donors (Lipinski definition) is 3. The SMILES string of the molecule is CC(C)[C@H](COCc1ccccn1)NC(=O)C(F)(F)C(=O)C(Cc1ccc(OCc2ccccc2)cc1)NC(=O)[C@@H](NC(=O)OCc1ccccn1)C(C)C. The van der Waals surface area contributed by atoms with Gasteiger partial charge in [-0.05, 0) is 59.4 Å². The number of Topliss-reactive ketones (excluding diaryl/α,β-unsaturated/α-hetero) is 1. The predicted molar refractivity (Wildman–Crippen MR) is 200 cm³/mol. The number of ether oxygens (including phenoxy) is 3. The Bertz CT molecular complexity index is 1820. The molecule has 3 amide bonds. The summed E-state index contributed by atoms with van der Waals surface area (Å²) in [4.78, 5) is 61.4. The molecule has 4 rings (SSSR count). The molecule has 0 saturated carbocycles. The molecule has 0 saturated heterocycles. The number of pyridine rings is 2. The number of rotatable bonds is 20. The molecule has 0 aliphatic heterocycles. The first kappa shape index (κ1) is 42.0. The smallest absolute Gasteiger partial charge is 0.408 e. The van der Waals surface area contributed by atoms with Gasteiger partial charge in [0.15, 0.2) is 0 Å². The number of hydrogen-bond acceptors (Lipinski definition) is 9. The molecular weight excluding hydrogens is 712 g/mol. The van der Waals surface area contributed by atoms with Crippen LogP contribution in [0.3, 0.4) is 0 Å². The standard InChI is InChI=1S/C41H47F2N5O7/c1-27(2)35(26-53-24-31-14-8-10-20-44-31)47-39(51)41(42,43)37(49)34(22-29-16-18-33(19-17-29)54-23-30-12-6-5-7-13-30)46-38(50)36(28(3)4)48-40(52)55-25-32-15-9-11-21-45-32/h5-21,27-28,34-36H,22-26H2,1-4H3,(H,46,50)(H,47,51)(H,48,52)/t34?,35-,36-/m0/s1. The Labute approximate surface area is 319 Å². The monoisotopic (exact) mass is 759 g/mol. The van der Waals surface area contributed by atoms with Crippen molar-refractivity contribution in [3.8, 4) is 5.75 Å². The summed E-state index contributed by atoms with van der Waals surface area (Å²) >= 11 is 0. The fourth-order valence-electron chi connectivity index (χ4n) is 5.26. The number of carbonyl (C=O) groups is 4. The summed E-state index contributed by atoms with van der Waals surface area (Å²) in [5.41, 5.74) is 2.41. The Morgan fingerprint density at radius 2 is 1.31 bits per heavy atom. The van der Waals surface area contributed by atoms with Gasteiger partial charge in [-0.15, -0.1) is 0 Å². The first-order valence-corrected chi connectivity index (χ1v) is 17.9. The maximum absolute atomic E-state index is 15.9. The molecule has 1 unspecified atom stereocenters. The molecule has 292 valence electrons. The highest BCUT2D eigenvalue weighted by Crippen LogP contribution is 2.22. The molecule has 12 nitrogen and oxygen atoms in total. The van der Waals surface area contributed by atoms with E-state index in [2.05, 4.69) is 25.9 Å². The van der Waals surface area contributed by atoms with Crippen LogP contribution >= 0.6 is 0 Å². The minimum Gasteiger partial charge on any atom is -0.489 e. The Morgan fingerprint density at radius 1 is 0.691 bits per heavy atom. The zero-order chi connectivity index (χ0) is 39.8. The number of carbonyl (C=O) groups excluding carboxylic acids is 4. The summed E-state index contributed by atoms with van der Waals surface area (Å²) in [6.45, 7) is 6.74. The molecular formula is C41H47F2N5O7. The average Bonchev–Trinajstić information content (AvgIpc) is 3.18. The summed E-state index contributed by atoms with van der Waals surface area (Å²) in [6.07, 6.45) is 1.76. The number of amides is 3. The number of benzene rings is 2. The summed E-state index contributed by atoms with van der Waals surface area (Å²) in [6, 6.07) is 22.1. The zero-order valence-electron chi connectivity index (χ0n) is 31.2. The predicted octanol–water partition coefficient (Wildman–Crippen LogP) is 5.60. The molecule has 0 spiro atoms. The molecule has 55 heavy (non-hydrogen) atoms. The van der Waals surface area contributed by atoms with E-state index in [4.69, 9.17) is 14.2 Å². The van der Waals surface area contributed by atoms with Crippen LogP contribution in [-0.4, -0.2) is 64.3 Å². The lowest BCUT2D eigenvalue weighted by molar-refractivity contribution is -0.161. The lowest BCUT2D eigenvalue weighted by Crippen LogP contribution is -2.60. The van der Waals surface area contributed by atoms with Crippen LogP contribution in [0.4, 0.5) is 13.6 Å². The van der Waals surface area contributed by atoms with Crippen molar-refractivity contribution in [3.63, 3.8) is 0 Å². The number of alkyl halides is 2. The van der Waals surface area contributed by atoms with Crippen molar-refractivity contribution < 1.29 is 42.2 Å². The highest BCUT2D eigenvalue weighted by molar-refractivity contribution is 6.10. The summed E-state index contributed by atoms with van der Waals surface area (Å²) in [7, 11) is 0. The van der Waals surface area contributed by atoms with Crippen LogP contribution in [-0.2, 0) is 50.1 Å². The van der Waals surface area contributed by atoms with Crippen molar-refractivity contribution >= 4 is 23.7 Å². The molecule has 14 heteroatoms. The van der Waals surface area contributed by atoms with Crippen LogP contribution in [0.15, 0.2) is 103 Å². The molecule has 2 aromatic heterocycles. The largest absolute Gasteiger partial charge is 0.489 e. The quantitative estimate of drug-likeness (QED) is 0.0977. The number of nitrogens with one attached hydrogen (secondary N) is 3. The maximum atomic E-state index is 15.9. The Balaban J connectivity index is 1.49. The molecule has 2 heterocycles. The Hall–Kier alpha value is -5.76. The third-order valence-electron chi connectivity index (χ3n) is 8.53. The van der Waals surface area contributed by atoms with Crippen molar-refractivity contribution in [3.05, 3.63) is 126 Å². The fourth-order valence-corrected chi connectivity index (χ4v) is 5.26. The number of ketones is 1. The number of nitrogens with zero attached hydrogens (tertiary/aromatic N) is 2. The lowest BCUT2D eigenvalue weighted by Gasteiger charge is -2.28. The van der Waals surface area contributed by atoms with Gasteiger partial charge in [-0.25, -0.2) is 4.79 Å². The first-order valence-electron chi connectivity index (χ1n) is 17.9. The van der Waals surface area contributed by atoms with Gasteiger partial charge in [0.25, 0.3) is 5.91 Å². The molecule has 0 radical (unpaired) electrons. The van der Waals surface area contributed by atoms with Gasteiger partial charge in [-0.3, -0.25) is 24.4 Å². The van der Waals surface area contributed by atoms with Crippen molar-refractivity contribution in [2.45, 2.75) is 78.0 Å². The lowest BCUT2D eigenvalue weighted by atomic mass is 9.96. The molecule has 3 atom stereocenters. The summed E-state index contributed by atoms with van der Waals surface area (Å²) < 4.78 is 48.5. The highest BCUT2D eigenvalue weighted by atomic mass is 19.3. The van der Waals surface area contributed by atoms with E-state index in [1.54, 1.807) is 94.6 Å². The van der Waals surface area contributed by atoms with Crippen molar-refractivity contribution in [1.82, 2.24) is 25.9 Å². The van der Waals surface area contributed by atoms with Crippen LogP contribution < -0.4 is 20.7 Å². The van der Waals surface area contributed by atoms with E-state index in [0.717, 1.165) is 5.56 Å². The van der Waals surface area contributed by atoms with E-state index < -0.39 is 60.1 Å². The van der Waals surface area contributed by atoms with Gasteiger partial charge in [-0.2, -0.15) is 8.78 Å². The van der Waals surface area contributed by atoms with Crippen molar-refractivity contribution in [1.29, 1.82) is 0 Å². The first-order chi connectivity index (χ1) is 26.3. The van der Waals surface area contributed by atoms with E-state index in [1.165, 1.54) is 6.20 Å². The number of aromatic nitrogens is 2. The van der Waals surface area contributed by atoms with Gasteiger partial charge in [0.1, 0.15) is 25.0 Å². The normalized spacial score (nSPS) is 13.0. The molecule has 4 aromatic rings.